The predicted octanol–water partition coefficient (Wildman–Crippen LogP) is 6.46. The first-order valence-electron chi connectivity index (χ1n) is 12.8. The van der Waals surface area contributed by atoms with Crippen molar-refractivity contribution in [3.8, 4) is 0 Å². The Kier molecular flexibility index (Phi) is 7.00. The van der Waals surface area contributed by atoms with E-state index in [9.17, 15) is 10.0 Å². The lowest BCUT2D eigenvalue weighted by Gasteiger charge is -2.38. The Morgan fingerprint density at radius 1 is 0.833 bits per heavy atom. The lowest BCUT2D eigenvalue weighted by molar-refractivity contribution is -0.185. The molecule has 4 rings (SSSR count). The SMILES string of the molecule is Cc1ccc(/C=C2\CN(CC3=CC(C)(C)N(O)C3(C)C)C/C(=C\c3ccc(C)cc3C)C2=O)c(C)c1. The monoisotopic (exact) mass is 484 g/mol. The summed E-state index contributed by atoms with van der Waals surface area (Å²) in [5.41, 5.74) is 8.82. The molecule has 2 aliphatic rings. The molecule has 1 fully saturated rings. The largest absolute Gasteiger partial charge is 0.312 e. The van der Waals surface area contributed by atoms with Crippen LogP contribution in [0.15, 0.2) is 59.2 Å². The molecule has 1 N–H and O–H groups in total. The molecule has 1 saturated heterocycles. The summed E-state index contributed by atoms with van der Waals surface area (Å²) in [6, 6.07) is 12.7. The van der Waals surface area contributed by atoms with Crippen molar-refractivity contribution in [1.29, 1.82) is 0 Å². The minimum absolute atomic E-state index is 0.120. The maximum Gasteiger partial charge on any atom is 0.187 e. The lowest BCUT2D eigenvalue weighted by Crippen LogP contribution is -2.49. The third kappa shape index (κ3) is 5.17. The molecule has 0 bridgehead atoms. The Bertz CT molecular complexity index is 1220. The van der Waals surface area contributed by atoms with E-state index >= 15 is 0 Å². The topological polar surface area (TPSA) is 43.8 Å². The van der Waals surface area contributed by atoms with E-state index in [1.165, 1.54) is 32.9 Å². The number of nitrogens with zero attached hydrogens (tertiary/aromatic N) is 2. The molecule has 0 unspecified atom stereocenters. The molecule has 0 aliphatic carbocycles. The van der Waals surface area contributed by atoms with Gasteiger partial charge in [-0.25, -0.2) is 0 Å². The van der Waals surface area contributed by atoms with Crippen molar-refractivity contribution in [2.24, 2.45) is 0 Å². The Morgan fingerprint density at radius 2 is 1.31 bits per heavy atom. The van der Waals surface area contributed by atoms with Gasteiger partial charge in [-0.3, -0.25) is 9.69 Å². The van der Waals surface area contributed by atoms with Crippen molar-refractivity contribution in [3.63, 3.8) is 0 Å². The highest BCUT2D eigenvalue weighted by molar-refractivity contribution is 6.14. The molecule has 0 radical (unpaired) electrons. The average molecular weight is 485 g/mol. The van der Waals surface area contributed by atoms with Crippen LogP contribution in [0.25, 0.3) is 12.2 Å². The number of piperidine rings is 1. The lowest BCUT2D eigenvalue weighted by atomic mass is 9.90. The molecule has 0 amide bonds. The Morgan fingerprint density at radius 3 is 1.69 bits per heavy atom. The first-order chi connectivity index (χ1) is 16.8. The highest BCUT2D eigenvalue weighted by Crippen LogP contribution is 2.39. The van der Waals surface area contributed by atoms with E-state index in [2.05, 4.69) is 101 Å². The van der Waals surface area contributed by atoms with Crippen LogP contribution in [0.1, 0.15) is 61.1 Å². The number of benzene rings is 2. The number of likely N-dealkylation sites (tertiary alicyclic amines) is 1. The summed E-state index contributed by atoms with van der Waals surface area (Å²) >= 11 is 0. The number of Topliss-reactive ketones (excluding diaryl/α,β-unsaturated/α-hetero) is 1. The number of hydrogen-bond acceptors (Lipinski definition) is 4. The first-order valence-corrected chi connectivity index (χ1v) is 12.8. The van der Waals surface area contributed by atoms with Crippen LogP contribution < -0.4 is 0 Å². The number of aryl methyl sites for hydroxylation is 4. The average Bonchev–Trinajstić information content (AvgIpc) is 2.93. The van der Waals surface area contributed by atoms with Gasteiger partial charge in [0, 0.05) is 30.8 Å². The molecule has 0 saturated carbocycles. The number of rotatable bonds is 4. The highest BCUT2D eigenvalue weighted by atomic mass is 16.5. The van der Waals surface area contributed by atoms with E-state index in [1.54, 1.807) is 0 Å². The summed E-state index contributed by atoms with van der Waals surface area (Å²) in [7, 11) is 0. The molecule has 0 aromatic heterocycles. The predicted molar refractivity (Wildman–Crippen MR) is 149 cm³/mol. The van der Waals surface area contributed by atoms with Crippen LogP contribution in [0.3, 0.4) is 0 Å². The quantitative estimate of drug-likeness (QED) is 0.399. The first kappa shape index (κ1) is 26.3. The third-order valence-corrected chi connectivity index (χ3v) is 7.66. The van der Waals surface area contributed by atoms with Crippen LogP contribution in [-0.4, -0.2) is 51.7 Å². The van der Waals surface area contributed by atoms with Gasteiger partial charge in [-0.05, 0) is 95.4 Å². The van der Waals surface area contributed by atoms with Gasteiger partial charge in [0.15, 0.2) is 5.78 Å². The van der Waals surface area contributed by atoms with Crippen molar-refractivity contribution in [2.45, 2.75) is 66.5 Å². The van der Waals surface area contributed by atoms with Crippen molar-refractivity contribution >= 4 is 17.9 Å². The second kappa shape index (κ2) is 9.59. The van der Waals surface area contributed by atoms with E-state index in [0.29, 0.717) is 19.6 Å². The number of hydroxylamine groups is 2. The standard InChI is InChI=1S/C32H40N2O2/c1-21-9-11-25(23(3)13-21)15-27-18-33(20-29-17-31(5,6)34(36)32(29,7)8)19-28(30(27)35)16-26-12-10-22(2)14-24(26)4/h9-17,36H,18-20H2,1-8H3/b27-15+,28-16+. The van der Waals surface area contributed by atoms with E-state index in [1.807, 2.05) is 13.8 Å². The molecule has 36 heavy (non-hydrogen) atoms. The van der Waals surface area contributed by atoms with Gasteiger partial charge in [0.05, 0.1) is 11.1 Å². The fraction of sp³-hybridized carbons (Fsp3) is 0.406. The van der Waals surface area contributed by atoms with E-state index < -0.39 is 11.1 Å². The number of carbonyl (C=O) groups is 1. The van der Waals surface area contributed by atoms with Crippen molar-refractivity contribution in [2.75, 3.05) is 19.6 Å². The molecule has 2 aromatic carbocycles. The third-order valence-electron chi connectivity index (χ3n) is 7.66. The van der Waals surface area contributed by atoms with Crippen LogP contribution in [0.2, 0.25) is 0 Å². The van der Waals surface area contributed by atoms with Gasteiger partial charge in [0.25, 0.3) is 0 Å². The molecule has 2 heterocycles. The summed E-state index contributed by atoms with van der Waals surface area (Å²) in [5.74, 6) is 0.120. The minimum Gasteiger partial charge on any atom is -0.312 e. The van der Waals surface area contributed by atoms with Gasteiger partial charge in [0.2, 0.25) is 0 Å². The molecule has 2 aromatic rings. The zero-order valence-electron chi connectivity index (χ0n) is 23.1. The van der Waals surface area contributed by atoms with Crippen LogP contribution in [0.5, 0.6) is 0 Å². The second-order valence-corrected chi connectivity index (χ2v) is 11.7. The van der Waals surface area contributed by atoms with Gasteiger partial charge in [0.1, 0.15) is 0 Å². The van der Waals surface area contributed by atoms with E-state index in [0.717, 1.165) is 22.3 Å². The molecular weight excluding hydrogens is 444 g/mol. The number of hydrogen-bond donors (Lipinski definition) is 1. The van der Waals surface area contributed by atoms with E-state index in [4.69, 9.17) is 0 Å². The second-order valence-electron chi connectivity index (χ2n) is 11.7. The zero-order chi connectivity index (χ0) is 26.4. The van der Waals surface area contributed by atoms with Crippen LogP contribution >= 0.6 is 0 Å². The van der Waals surface area contributed by atoms with Gasteiger partial charge in [-0.15, -0.1) is 0 Å². The van der Waals surface area contributed by atoms with Gasteiger partial charge < -0.3 is 5.21 Å². The summed E-state index contributed by atoms with van der Waals surface area (Å²) in [4.78, 5) is 16.1. The summed E-state index contributed by atoms with van der Waals surface area (Å²) < 4.78 is 0. The van der Waals surface area contributed by atoms with Crippen LogP contribution in [-0.2, 0) is 4.79 Å². The zero-order valence-corrected chi connectivity index (χ0v) is 23.1. The molecule has 4 heteroatoms. The summed E-state index contributed by atoms with van der Waals surface area (Å²) in [5, 5.41) is 12.3. The molecule has 190 valence electrons. The van der Waals surface area contributed by atoms with Gasteiger partial charge in [-0.2, -0.15) is 5.06 Å². The Balaban J connectivity index is 1.74. The molecule has 0 atom stereocenters. The highest BCUT2D eigenvalue weighted by Gasteiger charge is 2.45. The summed E-state index contributed by atoms with van der Waals surface area (Å²) in [6.45, 7) is 18.4. The fourth-order valence-corrected chi connectivity index (χ4v) is 5.57. The molecule has 2 aliphatic heterocycles. The van der Waals surface area contributed by atoms with Crippen molar-refractivity contribution in [3.05, 3.63) is 92.6 Å². The van der Waals surface area contributed by atoms with Crippen molar-refractivity contribution in [1.82, 2.24) is 9.96 Å². The Labute approximate surface area is 216 Å². The normalized spacial score (nSPS) is 22.5. The van der Waals surface area contributed by atoms with Crippen molar-refractivity contribution < 1.29 is 10.0 Å². The van der Waals surface area contributed by atoms with Gasteiger partial charge in [-0.1, -0.05) is 53.6 Å². The van der Waals surface area contributed by atoms with Crippen LogP contribution in [0, 0.1) is 27.7 Å². The van der Waals surface area contributed by atoms with Crippen LogP contribution in [0.4, 0.5) is 0 Å². The maximum absolute atomic E-state index is 13.7. The summed E-state index contributed by atoms with van der Waals surface area (Å²) in [6.07, 6.45) is 6.30. The molecule has 4 nitrogen and oxygen atoms in total. The maximum atomic E-state index is 13.7. The van der Waals surface area contributed by atoms with E-state index in [-0.39, 0.29) is 5.78 Å². The number of ketones is 1. The smallest absolute Gasteiger partial charge is 0.187 e. The molecular formula is C32H40N2O2. The minimum atomic E-state index is -0.472. The van der Waals surface area contributed by atoms with Gasteiger partial charge >= 0.3 is 0 Å². The molecule has 0 spiro atoms. The fourth-order valence-electron chi connectivity index (χ4n) is 5.57. The number of carbonyl (C=O) groups excluding carboxylic acids is 1. The Hall–Kier alpha value is -2.79.